The molecule has 1 aliphatic heterocycles. The largest absolute Gasteiger partial charge is 0.480 e. The van der Waals surface area contributed by atoms with Crippen molar-refractivity contribution in [1.82, 2.24) is 47.4 Å². The first-order valence-electron chi connectivity index (χ1n) is 22.3. The van der Waals surface area contributed by atoms with E-state index in [2.05, 4.69) is 36.9 Å². The predicted molar refractivity (Wildman–Crippen MR) is 245 cm³/mol. The fraction of sp³-hybridized carbons (Fsp3) is 0.675. The number of carbonyl (C=O) groups excluding carboxylic acids is 11. The summed E-state index contributed by atoms with van der Waals surface area (Å²) < 4.78 is 0. The Morgan fingerprint density at radius 1 is 0.648 bits per heavy atom. The van der Waals surface area contributed by atoms with Gasteiger partial charge in [0.15, 0.2) is 5.96 Å². The Hall–Kier alpha value is -7.25. The molecule has 31 nitrogen and oxygen atoms in total. The fourth-order valence-corrected chi connectivity index (χ4v) is 6.74. The molecular formula is C40H69N15O16. The number of guanidine groups is 1. The number of carbonyl (C=O) groups is 12. The van der Waals surface area contributed by atoms with Crippen molar-refractivity contribution in [3.05, 3.63) is 0 Å². The molecule has 1 fully saturated rings. The second-order valence-electron chi connectivity index (χ2n) is 17.0. The number of primary amides is 2. The molecule has 71 heavy (non-hydrogen) atoms. The normalized spacial score (nSPS) is 16.9. The molecule has 1 aliphatic rings. The number of aliphatic carboxylic acids is 1. The van der Waals surface area contributed by atoms with Gasteiger partial charge in [0.25, 0.3) is 0 Å². The molecule has 0 saturated carbocycles. The molecular weight excluding hydrogens is 947 g/mol. The maximum absolute atomic E-state index is 14.0. The molecule has 0 aromatic rings. The lowest BCUT2D eigenvalue weighted by Crippen LogP contribution is -2.61. The number of amides is 11. The summed E-state index contributed by atoms with van der Waals surface area (Å²) in [5.74, 6) is -13.4. The third-order valence-electron chi connectivity index (χ3n) is 10.3. The number of rotatable bonds is 31. The number of aliphatic hydroxyl groups is 3. The summed E-state index contributed by atoms with van der Waals surface area (Å²) in [6, 6.07) is -13.8. The van der Waals surface area contributed by atoms with Crippen LogP contribution in [0.3, 0.4) is 0 Å². The van der Waals surface area contributed by atoms with Gasteiger partial charge in [0.2, 0.25) is 65.0 Å². The van der Waals surface area contributed by atoms with E-state index in [1.165, 1.54) is 6.92 Å². The summed E-state index contributed by atoms with van der Waals surface area (Å²) in [5.41, 5.74) is 27.0. The molecule has 0 bridgehead atoms. The van der Waals surface area contributed by atoms with E-state index in [0.29, 0.717) is 0 Å². The molecule has 0 aromatic heterocycles. The van der Waals surface area contributed by atoms with Gasteiger partial charge < -0.3 is 96.5 Å². The molecule has 1 rings (SSSR count). The highest BCUT2D eigenvalue weighted by atomic mass is 16.4. The summed E-state index contributed by atoms with van der Waals surface area (Å²) in [6.07, 6.45) is -2.84. The Bertz CT molecular complexity index is 1960. The first-order chi connectivity index (χ1) is 33.1. The van der Waals surface area contributed by atoms with Gasteiger partial charge in [-0.3, -0.25) is 57.7 Å². The number of hydrogen-bond acceptors (Lipinski definition) is 17. The Kier molecular flexibility index (Phi) is 26.4. The minimum atomic E-state index is -1.82. The quantitative estimate of drug-likeness (QED) is 0.0174. The summed E-state index contributed by atoms with van der Waals surface area (Å²) in [7, 11) is 0. The number of nitrogens with two attached hydrogens (primary N) is 5. The molecule has 1 saturated heterocycles. The first-order valence-corrected chi connectivity index (χ1v) is 22.3. The average Bonchev–Trinajstić information content (AvgIpc) is 3.77. The number of hydrogen-bond donors (Lipinski definition) is 17. The fourth-order valence-electron chi connectivity index (χ4n) is 6.74. The van der Waals surface area contributed by atoms with Gasteiger partial charge in [-0.1, -0.05) is 13.8 Å². The van der Waals surface area contributed by atoms with Gasteiger partial charge >= 0.3 is 5.97 Å². The first kappa shape index (κ1) is 61.8. The zero-order chi connectivity index (χ0) is 54.3. The molecule has 1 heterocycles. The van der Waals surface area contributed by atoms with Crippen LogP contribution < -0.4 is 71.2 Å². The zero-order valence-electron chi connectivity index (χ0n) is 39.8. The molecule has 0 aliphatic carbocycles. The monoisotopic (exact) mass is 1020 g/mol. The van der Waals surface area contributed by atoms with Crippen molar-refractivity contribution in [2.45, 2.75) is 133 Å². The van der Waals surface area contributed by atoms with Crippen LogP contribution in [0.25, 0.3) is 0 Å². The molecule has 400 valence electrons. The van der Waals surface area contributed by atoms with Gasteiger partial charge in [-0.25, -0.2) is 4.79 Å². The maximum Gasteiger partial charge on any atom is 0.328 e. The Balaban J connectivity index is 3.19. The smallest absolute Gasteiger partial charge is 0.328 e. The third-order valence-corrected chi connectivity index (χ3v) is 10.3. The van der Waals surface area contributed by atoms with Crippen LogP contribution in [-0.2, 0) is 57.5 Å². The number of aliphatic imine (C=N–C) groups is 1. The van der Waals surface area contributed by atoms with Crippen LogP contribution >= 0.6 is 0 Å². The van der Waals surface area contributed by atoms with Crippen molar-refractivity contribution in [2.75, 3.05) is 32.8 Å². The van der Waals surface area contributed by atoms with Crippen LogP contribution in [0, 0.1) is 5.92 Å². The third kappa shape index (κ3) is 21.9. The van der Waals surface area contributed by atoms with E-state index in [1.807, 2.05) is 10.6 Å². The van der Waals surface area contributed by atoms with Crippen LogP contribution in [0.15, 0.2) is 4.99 Å². The second kappa shape index (κ2) is 30.4. The van der Waals surface area contributed by atoms with E-state index < -0.39 is 164 Å². The zero-order valence-corrected chi connectivity index (χ0v) is 39.8. The van der Waals surface area contributed by atoms with Gasteiger partial charge in [-0.2, -0.15) is 0 Å². The summed E-state index contributed by atoms with van der Waals surface area (Å²) >= 11 is 0. The van der Waals surface area contributed by atoms with Crippen molar-refractivity contribution in [2.24, 2.45) is 39.6 Å². The van der Waals surface area contributed by atoms with Crippen molar-refractivity contribution in [3.63, 3.8) is 0 Å². The highest BCUT2D eigenvalue weighted by Gasteiger charge is 2.41. The molecule has 0 unspecified atom stereocenters. The number of nitrogens with one attached hydrogen (secondary N) is 8. The molecule has 31 heteroatoms. The summed E-state index contributed by atoms with van der Waals surface area (Å²) in [5, 5.41) is 56.4. The second-order valence-corrected chi connectivity index (χ2v) is 17.0. The summed E-state index contributed by atoms with van der Waals surface area (Å²) in [4.78, 5) is 159. The lowest BCUT2D eigenvalue weighted by atomic mass is 10.0. The predicted octanol–water partition coefficient (Wildman–Crippen LogP) is -9.87. The van der Waals surface area contributed by atoms with Crippen molar-refractivity contribution in [3.8, 4) is 0 Å². The summed E-state index contributed by atoms with van der Waals surface area (Å²) in [6.45, 7) is 2.88. The van der Waals surface area contributed by atoms with Crippen LogP contribution in [0.2, 0.25) is 0 Å². The van der Waals surface area contributed by atoms with Gasteiger partial charge in [-0.05, 0) is 51.9 Å². The van der Waals surface area contributed by atoms with E-state index in [1.54, 1.807) is 13.8 Å². The van der Waals surface area contributed by atoms with E-state index in [-0.39, 0.29) is 57.1 Å². The molecule has 22 N–H and O–H groups in total. The molecule has 10 atom stereocenters. The van der Waals surface area contributed by atoms with E-state index >= 15 is 0 Å². The lowest BCUT2D eigenvalue weighted by molar-refractivity contribution is -0.144. The Morgan fingerprint density at radius 3 is 1.69 bits per heavy atom. The highest BCUT2D eigenvalue weighted by Crippen LogP contribution is 2.20. The van der Waals surface area contributed by atoms with E-state index in [4.69, 9.17) is 38.9 Å². The van der Waals surface area contributed by atoms with Crippen molar-refractivity contribution >= 4 is 76.9 Å². The number of carboxylic acid groups (broad SMARTS) is 1. The van der Waals surface area contributed by atoms with Crippen LogP contribution in [0.1, 0.15) is 72.6 Å². The number of aliphatic hydroxyl groups excluding tert-OH is 3. The van der Waals surface area contributed by atoms with Gasteiger partial charge in [0.05, 0.1) is 44.7 Å². The Labute approximate surface area is 407 Å². The van der Waals surface area contributed by atoms with Crippen LogP contribution in [-0.4, -0.2) is 196 Å². The highest BCUT2D eigenvalue weighted by molar-refractivity contribution is 5.99. The SMILES string of the molecule is CC(C)C[C@H](NC(=O)[C@@H](NC(=O)[C@@H]1CCCN1C(=O)[C@H](CC(N)=O)NC(=O)[C@H](CCCN=C(N)N)NC(=O)[C@H](C)N)[C@@H](C)O)C(=O)NCC(=O)N[C@@H](CC(N)=O)C(=O)N[C@@H](CO)C(=O)N[C@@H](CO)C(=O)O. The standard InChI is InChI=1S/C40H69N15O16/c1-17(2)11-21(32(63)47-14-29(61)48-22(12-27(42)59)34(65)52-24(15-56)35(66)53-25(16-57)39(70)71)50-37(68)30(19(4)58)54-36(67)26-8-6-10-55(26)38(69)23(13-28(43)60)51-33(64)20(49-31(62)18(3)41)7-5-9-46-40(44)45/h17-26,30,56-58H,5-16,41H2,1-4H3,(H2,42,59)(H2,43,60)(H,47,63)(H,48,61)(H,49,62)(H,50,68)(H,51,64)(H,52,65)(H,53,66)(H,54,67)(H,70,71)(H4,44,45,46)/t18-,19+,20-,21-,22-,23-,24-,25-,26-,30-/m0/s1. The topological polar surface area (TPSA) is 528 Å². The lowest BCUT2D eigenvalue weighted by Gasteiger charge is -2.31. The van der Waals surface area contributed by atoms with E-state index in [0.717, 1.165) is 11.8 Å². The van der Waals surface area contributed by atoms with Crippen molar-refractivity contribution in [1.29, 1.82) is 0 Å². The maximum atomic E-state index is 14.0. The number of nitrogens with zero attached hydrogens (tertiary/aromatic N) is 2. The number of carboxylic acids is 1. The van der Waals surface area contributed by atoms with E-state index in [9.17, 15) is 67.7 Å². The molecule has 0 aromatic carbocycles. The molecule has 0 spiro atoms. The molecule has 0 radical (unpaired) electrons. The Morgan fingerprint density at radius 2 is 1.17 bits per heavy atom. The minimum absolute atomic E-state index is 0.0262. The average molecular weight is 1020 g/mol. The number of likely N-dealkylation sites (tertiary alicyclic amines) is 1. The molecule has 11 amide bonds. The van der Waals surface area contributed by atoms with Gasteiger partial charge in [0, 0.05) is 13.1 Å². The van der Waals surface area contributed by atoms with Gasteiger partial charge in [-0.15, -0.1) is 0 Å². The minimum Gasteiger partial charge on any atom is -0.480 e. The van der Waals surface area contributed by atoms with Crippen molar-refractivity contribution < 1.29 is 78.0 Å². The van der Waals surface area contributed by atoms with Crippen LogP contribution in [0.4, 0.5) is 0 Å². The van der Waals surface area contributed by atoms with Gasteiger partial charge in [0.1, 0.15) is 48.3 Å². The van der Waals surface area contributed by atoms with Crippen LogP contribution in [0.5, 0.6) is 0 Å².